The van der Waals surface area contributed by atoms with Crippen molar-refractivity contribution in [2.45, 2.75) is 25.9 Å². The van der Waals surface area contributed by atoms with E-state index in [0.717, 1.165) is 17.7 Å². The average Bonchev–Trinajstić information content (AvgIpc) is 3.08. The van der Waals surface area contributed by atoms with Gasteiger partial charge in [-0.1, -0.05) is 44.2 Å². The van der Waals surface area contributed by atoms with Crippen LogP contribution in [-0.2, 0) is 6.18 Å². The first kappa shape index (κ1) is 21.5. The Balaban J connectivity index is 1.94. The van der Waals surface area contributed by atoms with E-state index in [2.05, 4.69) is 0 Å². The summed E-state index contributed by atoms with van der Waals surface area (Å²) in [5.74, 6) is -1.13. The van der Waals surface area contributed by atoms with Crippen LogP contribution in [0.2, 0.25) is 0 Å². The summed E-state index contributed by atoms with van der Waals surface area (Å²) in [6, 6.07) is 18.8. The Bertz CT molecular complexity index is 1310. The van der Waals surface area contributed by atoms with E-state index in [1.807, 2.05) is 32.0 Å². The summed E-state index contributed by atoms with van der Waals surface area (Å²) < 4.78 is 46.8. The number of alkyl halides is 3. The molecule has 0 unspecified atom stereocenters. The highest BCUT2D eigenvalue weighted by molar-refractivity contribution is 6.02. The first-order valence-electron chi connectivity index (χ1n) is 9.99. The molecule has 4 nitrogen and oxygen atoms in total. The number of rotatable bonds is 5. The van der Waals surface area contributed by atoms with Crippen molar-refractivity contribution in [2.24, 2.45) is 0 Å². The lowest BCUT2D eigenvalue weighted by molar-refractivity contribution is -0.137. The summed E-state index contributed by atoms with van der Waals surface area (Å²) >= 11 is 0. The number of benzene rings is 3. The zero-order valence-electron chi connectivity index (χ0n) is 17.4. The number of aromatic nitrogens is 1. The smallest absolute Gasteiger partial charge is 0.416 e. The third kappa shape index (κ3) is 3.93. The van der Waals surface area contributed by atoms with Crippen LogP contribution in [0.3, 0.4) is 0 Å². The van der Waals surface area contributed by atoms with Crippen molar-refractivity contribution in [1.82, 2.24) is 4.57 Å². The van der Waals surface area contributed by atoms with Crippen LogP contribution >= 0.6 is 0 Å². The lowest BCUT2D eigenvalue weighted by Crippen LogP contribution is -2.08. The molecule has 3 aromatic carbocycles. The molecule has 1 heterocycles. The Morgan fingerprint density at radius 1 is 0.969 bits per heavy atom. The van der Waals surface area contributed by atoms with Gasteiger partial charge in [0.15, 0.2) is 11.4 Å². The normalized spacial score (nSPS) is 11.8. The molecule has 4 rings (SSSR count). The highest BCUT2D eigenvalue weighted by Crippen LogP contribution is 2.40. The second kappa shape index (κ2) is 8.07. The van der Waals surface area contributed by atoms with Crippen LogP contribution in [0.1, 0.15) is 41.4 Å². The number of hydrogen-bond donors (Lipinski definition) is 1. The summed E-state index contributed by atoms with van der Waals surface area (Å²) in [6.45, 7) is 4.07. The SMILES string of the molecule is CC(C)c1cccc(-n2c(C(=O)O)c(Oc3cccc(C(F)(F)F)c3)c3ccccc32)c1. The van der Waals surface area contributed by atoms with Gasteiger partial charge in [-0.3, -0.25) is 0 Å². The number of hydrogen-bond acceptors (Lipinski definition) is 2. The van der Waals surface area contributed by atoms with Gasteiger partial charge in [0.05, 0.1) is 11.1 Å². The minimum Gasteiger partial charge on any atom is -0.476 e. The molecule has 0 saturated heterocycles. The Hall–Kier alpha value is -3.74. The molecule has 1 aromatic heterocycles. The fourth-order valence-electron chi connectivity index (χ4n) is 3.65. The molecule has 164 valence electrons. The van der Waals surface area contributed by atoms with Crippen LogP contribution in [0.15, 0.2) is 72.8 Å². The average molecular weight is 439 g/mol. The van der Waals surface area contributed by atoms with Gasteiger partial charge in [0.25, 0.3) is 0 Å². The second-order valence-electron chi connectivity index (χ2n) is 7.71. The molecule has 0 atom stereocenters. The summed E-state index contributed by atoms with van der Waals surface area (Å²) in [5, 5.41) is 10.6. The predicted octanol–water partition coefficient (Wildman–Crippen LogP) is 7.26. The van der Waals surface area contributed by atoms with Crippen LogP contribution in [-0.4, -0.2) is 15.6 Å². The van der Waals surface area contributed by atoms with E-state index in [1.165, 1.54) is 12.1 Å². The Morgan fingerprint density at radius 2 is 1.69 bits per heavy atom. The third-order valence-electron chi connectivity index (χ3n) is 5.21. The van der Waals surface area contributed by atoms with Crippen molar-refractivity contribution in [3.63, 3.8) is 0 Å². The largest absolute Gasteiger partial charge is 0.476 e. The summed E-state index contributed by atoms with van der Waals surface area (Å²) in [6.07, 6.45) is -4.54. The van der Waals surface area contributed by atoms with Gasteiger partial charge < -0.3 is 14.4 Å². The summed E-state index contributed by atoms with van der Waals surface area (Å²) in [4.78, 5) is 12.3. The lowest BCUT2D eigenvalue weighted by Gasteiger charge is -2.13. The number of fused-ring (bicyclic) bond motifs is 1. The highest BCUT2D eigenvalue weighted by Gasteiger charge is 2.31. The maximum atomic E-state index is 13.1. The van der Waals surface area contributed by atoms with Crippen molar-refractivity contribution in [1.29, 1.82) is 0 Å². The Labute approximate surface area is 182 Å². The number of para-hydroxylation sites is 1. The van der Waals surface area contributed by atoms with Gasteiger partial charge in [0.1, 0.15) is 5.75 Å². The first-order chi connectivity index (χ1) is 15.2. The standard InChI is InChI=1S/C25H20F3NO3/c1-15(2)16-7-5-9-18(13-16)29-21-12-4-3-11-20(21)23(22(29)24(30)31)32-19-10-6-8-17(14-19)25(26,27)28/h3-15H,1-2H3,(H,30,31). The van der Waals surface area contributed by atoms with E-state index in [0.29, 0.717) is 16.6 Å². The van der Waals surface area contributed by atoms with Crippen molar-refractivity contribution in [3.05, 3.63) is 89.6 Å². The van der Waals surface area contributed by atoms with Gasteiger partial charge in [-0.25, -0.2) is 4.79 Å². The molecule has 0 bridgehead atoms. The maximum absolute atomic E-state index is 13.1. The maximum Gasteiger partial charge on any atom is 0.416 e. The molecular weight excluding hydrogens is 419 g/mol. The van der Waals surface area contributed by atoms with Gasteiger partial charge in [0, 0.05) is 11.1 Å². The van der Waals surface area contributed by atoms with E-state index in [9.17, 15) is 23.1 Å². The Kier molecular flexibility index (Phi) is 5.42. The topological polar surface area (TPSA) is 51.5 Å². The van der Waals surface area contributed by atoms with Crippen LogP contribution in [0.4, 0.5) is 13.2 Å². The van der Waals surface area contributed by atoms with Gasteiger partial charge in [-0.2, -0.15) is 13.2 Å². The second-order valence-corrected chi connectivity index (χ2v) is 7.71. The molecule has 32 heavy (non-hydrogen) atoms. The molecule has 0 spiro atoms. The van der Waals surface area contributed by atoms with Crippen molar-refractivity contribution >= 4 is 16.9 Å². The summed E-state index contributed by atoms with van der Waals surface area (Å²) in [5.41, 5.74) is 1.19. The van der Waals surface area contributed by atoms with Gasteiger partial charge in [0.2, 0.25) is 0 Å². The molecule has 0 radical (unpaired) electrons. The third-order valence-corrected chi connectivity index (χ3v) is 5.21. The minimum absolute atomic E-state index is 0.0117. The number of nitrogens with zero attached hydrogens (tertiary/aromatic N) is 1. The van der Waals surface area contributed by atoms with Crippen molar-refractivity contribution in [3.8, 4) is 17.2 Å². The van der Waals surface area contributed by atoms with Crippen LogP contribution in [0, 0.1) is 0 Å². The molecule has 7 heteroatoms. The van der Waals surface area contributed by atoms with Gasteiger partial charge in [-0.15, -0.1) is 0 Å². The van der Waals surface area contributed by atoms with Crippen LogP contribution < -0.4 is 4.74 Å². The van der Waals surface area contributed by atoms with Crippen molar-refractivity contribution in [2.75, 3.05) is 0 Å². The van der Waals surface area contributed by atoms with Gasteiger partial charge in [-0.05, 0) is 53.9 Å². The highest BCUT2D eigenvalue weighted by atomic mass is 19.4. The fraction of sp³-hybridized carbons (Fsp3) is 0.160. The van der Waals surface area contributed by atoms with E-state index in [1.54, 1.807) is 34.9 Å². The molecule has 0 saturated carbocycles. The quantitative estimate of drug-likeness (QED) is 0.356. The van der Waals surface area contributed by atoms with Crippen LogP contribution in [0.25, 0.3) is 16.6 Å². The van der Waals surface area contributed by atoms with E-state index < -0.39 is 17.7 Å². The summed E-state index contributed by atoms with van der Waals surface area (Å²) in [7, 11) is 0. The zero-order chi connectivity index (χ0) is 23.0. The minimum atomic E-state index is -4.54. The monoisotopic (exact) mass is 439 g/mol. The lowest BCUT2D eigenvalue weighted by atomic mass is 10.0. The molecule has 1 N–H and O–H groups in total. The number of aromatic carboxylic acids is 1. The van der Waals surface area contributed by atoms with E-state index in [-0.39, 0.29) is 23.1 Å². The molecular formula is C25H20F3NO3. The van der Waals surface area contributed by atoms with Crippen molar-refractivity contribution < 1.29 is 27.8 Å². The van der Waals surface area contributed by atoms with Crippen LogP contribution in [0.5, 0.6) is 11.5 Å². The number of ether oxygens (including phenoxy) is 1. The number of carboxylic acids is 1. The molecule has 0 aliphatic carbocycles. The molecule has 0 amide bonds. The van der Waals surface area contributed by atoms with E-state index in [4.69, 9.17) is 4.74 Å². The van der Waals surface area contributed by atoms with E-state index >= 15 is 0 Å². The fourth-order valence-corrected chi connectivity index (χ4v) is 3.65. The predicted molar refractivity (Wildman–Crippen MR) is 116 cm³/mol. The molecule has 4 aromatic rings. The molecule has 0 fully saturated rings. The van der Waals surface area contributed by atoms with Gasteiger partial charge >= 0.3 is 12.1 Å². The zero-order valence-corrected chi connectivity index (χ0v) is 17.4. The Morgan fingerprint density at radius 3 is 2.38 bits per heavy atom. The first-order valence-corrected chi connectivity index (χ1v) is 9.99. The molecule has 0 aliphatic heterocycles. The number of carboxylic acid groups (broad SMARTS) is 1. The molecule has 0 aliphatic rings. The number of carbonyl (C=O) groups is 1. The number of halogens is 3.